The lowest BCUT2D eigenvalue weighted by molar-refractivity contribution is -0.155. The predicted molar refractivity (Wildman–Crippen MR) is 103 cm³/mol. The molecule has 1 saturated heterocycles. The summed E-state index contributed by atoms with van der Waals surface area (Å²) in [7, 11) is 2.91. The molecule has 7 heteroatoms. The largest absolute Gasteiger partial charge is 0.326 e. The van der Waals surface area contributed by atoms with Crippen LogP contribution in [0.1, 0.15) is 23.6 Å². The minimum absolute atomic E-state index is 0.0103. The SMILES string of the molecule is CN1C(=O)C(C)(Cc2cccc(F)c2F)N(C)C(=O)C1=Cc1ccccc1C#N. The van der Waals surface area contributed by atoms with E-state index in [9.17, 15) is 23.6 Å². The third kappa shape index (κ3) is 3.38. The van der Waals surface area contributed by atoms with Crippen molar-refractivity contribution in [3.63, 3.8) is 0 Å². The van der Waals surface area contributed by atoms with Crippen molar-refractivity contribution in [3.05, 3.63) is 76.5 Å². The van der Waals surface area contributed by atoms with Gasteiger partial charge in [0.1, 0.15) is 11.2 Å². The number of hydrogen-bond donors (Lipinski definition) is 0. The predicted octanol–water partition coefficient (Wildman–Crippen LogP) is 3.11. The van der Waals surface area contributed by atoms with Gasteiger partial charge in [-0.1, -0.05) is 30.3 Å². The van der Waals surface area contributed by atoms with E-state index in [1.807, 2.05) is 6.07 Å². The Kier molecular flexibility index (Phi) is 5.21. The summed E-state index contributed by atoms with van der Waals surface area (Å²) < 4.78 is 27.8. The maximum absolute atomic E-state index is 14.2. The number of hydrogen-bond acceptors (Lipinski definition) is 3. The van der Waals surface area contributed by atoms with Crippen molar-refractivity contribution in [2.75, 3.05) is 14.1 Å². The molecule has 2 amide bonds. The lowest BCUT2D eigenvalue weighted by atomic mass is 9.86. The second kappa shape index (κ2) is 7.47. The molecule has 1 atom stereocenters. The summed E-state index contributed by atoms with van der Waals surface area (Å²) in [6.45, 7) is 1.52. The average molecular weight is 395 g/mol. The van der Waals surface area contributed by atoms with Crippen LogP contribution in [-0.2, 0) is 16.0 Å². The number of benzene rings is 2. The fraction of sp³-hybridized carbons (Fsp3) is 0.227. The van der Waals surface area contributed by atoms with Gasteiger partial charge in [0.15, 0.2) is 11.6 Å². The number of carbonyl (C=O) groups excluding carboxylic acids is 2. The summed E-state index contributed by atoms with van der Waals surface area (Å²) >= 11 is 0. The van der Waals surface area contributed by atoms with E-state index < -0.39 is 29.0 Å². The summed E-state index contributed by atoms with van der Waals surface area (Å²) in [5, 5.41) is 9.26. The second-order valence-electron chi connectivity index (χ2n) is 7.12. The van der Waals surface area contributed by atoms with Gasteiger partial charge in [-0.3, -0.25) is 9.59 Å². The Bertz CT molecular complexity index is 1070. The summed E-state index contributed by atoms with van der Waals surface area (Å²) in [6.07, 6.45) is 1.31. The molecular formula is C22H19F2N3O2. The molecule has 2 aromatic carbocycles. The third-order valence-corrected chi connectivity index (χ3v) is 5.33. The molecule has 1 aliphatic heterocycles. The zero-order valence-corrected chi connectivity index (χ0v) is 16.2. The number of carbonyl (C=O) groups is 2. The molecule has 1 fully saturated rings. The lowest BCUT2D eigenvalue weighted by Crippen LogP contribution is -2.64. The van der Waals surface area contributed by atoms with E-state index in [1.54, 1.807) is 24.3 Å². The first-order valence-electron chi connectivity index (χ1n) is 8.90. The smallest absolute Gasteiger partial charge is 0.271 e. The molecule has 29 heavy (non-hydrogen) atoms. The van der Waals surface area contributed by atoms with Crippen LogP contribution in [0.2, 0.25) is 0 Å². The number of halogens is 2. The highest BCUT2D eigenvalue weighted by Gasteiger charge is 2.49. The van der Waals surface area contributed by atoms with E-state index in [0.29, 0.717) is 11.1 Å². The molecule has 2 aromatic rings. The minimum Gasteiger partial charge on any atom is -0.326 e. The van der Waals surface area contributed by atoms with Gasteiger partial charge in [-0.2, -0.15) is 5.26 Å². The van der Waals surface area contributed by atoms with E-state index in [-0.39, 0.29) is 17.7 Å². The van der Waals surface area contributed by atoms with Crippen LogP contribution in [0.5, 0.6) is 0 Å². The molecule has 0 spiro atoms. The first-order valence-corrected chi connectivity index (χ1v) is 8.90. The van der Waals surface area contributed by atoms with Gasteiger partial charge in [0.05, 0.1) is 11.6 Å². The van der Waals surface area contributed by atoms with Gasteiger partial charge in [-0.25, -0.2) is 8.78 Å². The Labute approximate surface area is 167 Å². The molecule has 3 rings (SSSR count). The molecule has 0 aromatic heterocycles. The van der Waals surface area contributed by atoms with Crippen molar-refractivity contribution in [2.24, 2.45) is 0 Å². The molecule has 1 heterocycles. The first kappa shape index (κ1) is 20.2. The maximum Gasteiger partial charge on any atom is 0.271 e. The molecule has 0 N–H and O–H groups in total. The van der Waals surface area contributed by atoms with Crippen molar-refractivity contribution >= 4 is 17.9 Å². The molecule has 5 nitrogen and oxygen atoms in total. The number of amides is 2. The molecule has 148 valence electrons. The highest BCUT2D eigenvalue weighted by atomic mass is 19.2. The van der Waals surface area contributed by atoms with Crippen molar-refractivity contribution in [1.82, 2.24) is 9.80 Å². The van der Waals surface area contributed by atoms with Crippen LogP contribution in [0.3, 0.4) is 0 Å². The van der Waals surface area contributed by atoms with Gasteiger partial charge in [-0.05, 0) is 36.3 Å². The van der Waals surface area contributed by atoms with Gasteiger partial charge in [0.2, 0.25) is 0 Å². The summed E-state index contributed by atoms with van der Waals surface area (Å²) in [5.41, 5.74) is -0.418. The molecule has 0 saturated carbocycles. The van der Waals surface area contributed by atoms with E-state index in [1.165, 1.54) is 49.0 Å². The summed E-state index contributed by atoms with van der Waals surface area (Å²) in [4.78, 5) is 28.7. The normalized spacial score (nSPS) is 20.9. The quantitative estimate of drug-likeness (QED) is 0.750. The number of nitrogens with zero attached hydrogens (tertiary/aromatic N) is 3. The Morgan fingerprint density at radius 2 is 1.79 bits per heavy atom. The van der Waals surface area contributed by atoms with Gasteiger partial charge >= 0.3 is 0 Å². The van der Waals surface area contributed by atoms with Gasteiger partial charge in [0, 0.05) is 20.5 Å². The van der Waals surface area contributed by atoms with Crippen LogP contribution in [-0.4, -0.2) is 41.2 Å². The third-order valence-electron chi connectivity index (χ3n) is 5.33. The van der Waals surface area contributed by atoms with Crippen LogP contribution in [0.15, 0.2) is 48.2 Å². The maximum atomic E-state index is 14.2. The van der Waals surface area contributed by atoms with Crippen molar-refractivity contribution in [2.45, 2.75) is 18.9 Å². The van der Waals surface area contributed by atoms with Crippen LogP contribution < -0.4 is 0 Å². The standard InChI is InChI=1S/C22H19F2N3O2/c1-22(12-15-9-6-10-17(23)19(15)24)21(29)26(2)18(20(28)27(22)3)11-14-7-4-5-8-16(14)13-25/h4-11H,12H2,1-3H3. The number of likely N-dealkylation sites (N-methyl/N-ethyl adjacent to an activating group) is 2. The van der Waals surface area contributed by atoms with Crippen LogP contribution in [0, 0.1) is 23.0 Å². The number of nitriles is 1. The lowest BCUT2D eigenvalue weighted by Gasteiger charge is -2.45. The first-order chi connectivity index (χ1) is 13.7. The fourth-order valence-electron chi connectivity index (χ4n) is 3.43. The Hall–Kier alpha value is -3.53. The molecule has 1 aliphatic rings. The fourth-order valence-corrected chi connectivity index (χ4v) is 3.43. The van der Waals surface area contributed by atoms with E-state index in [4.69, 9.17) is 0 Å². The summed E-state index contributed by atoms with van der Waals surface area (Å²) in [5.74, 6) is -2.94. The molecule has 0 bridgehead atoms. The van der Waals surface area contributed by atoms with E-state index >= 15 is 0 Å². The van der Waals surface area contributed by atoms with Crippen LogP contribution in [0.25, 0.3) is 6.08 Å². The van der Waals surface area contributed by atoms with Gasteiger partial charge < -0.3 is 9.80 Å². The van der Waals surface area contributed by atoms with E-state index in [2.05, 4.69) is 0 Å². The van der Waals surface area contributed by atoms with Crippen LogP contribution in [0.4, 0.5) is 8.78 Å². The summed E-state index contributed by atoms with van der Waals surface area (Å²) in [6, 6.07) is 12.5. The number of rotatable bonds is 3. The van der Waals surface area contributed by atoms with Crippen molar-refractivity contribution in [1.29, 1.82) is 5.26 Å². The topological polar surface area (TPSA) is 64.4 Å². The van der Waals surface area contributed by atoms with Crippen LogP contribution >= 0.6 is 0 Å². The van der Waals surface area contributed by atoms with Gasteiger partial charge in [0.25, 0.3) is 11.8 Å². The zero-order valence-electron chi connectivity index (χ0n) is 16.2. The average Bonchev–Trinajstić information content (AvgIpc) is 2.72. The highest BCUT2D eigenvalue weighted by molar-refractivity contribution is 6.08. The van der Waals surface area contributed by atoms with Crippen molar-refractivity contribution in [3.8, 4) is 6.07 Å². The molecule has 1 unspecified atom stereocenters. The highest BCUT2D eigenvalue weighted by Crippen LogP contribution is 2.32. The Morgan fingerprint density at radius 3 is 2.48 bits per heavy atom. The van der Waals surface area contributed by atoms with E-state index in [0.717, 1.165) is 6.07 Å². The minimum atomic E-state index is -1.40. The Morgan fingerprint density at radius 1 is 1.10 bits per heavy atom. The zero-order chi connectivity index (χ0) is 21.3. The monoisotopic (exact) mass is 395 g/mol. The molecule has 0 radical (unpaired) electrons. The second-order valence-corrected chi connectivity index (χ2v) is 7.12. The Balaban J connectivity index is 2.02. The van der Waals surface area contributed by atoms with Crippen molar-refractivity contribution < 1.29 is 18.4 Å². The molecule has 0 aliphatic carbocycles. The van der Waals surface area contributed by atoms with Gasteiger partial charge in [-0.15, -0.1) is 0 Å². The number of piperazine rings is 1. The molecular weight excluding hydrogens is 376 g/mol.